The van der Waals surface area contributed by atoms with E-state index in [0.29, 0.717) is 5.41 Å². The van der Waals surface area contributed by atoms with Gasteiger partial charge in [0, 0.05) is 12.1 Å². The van der Waals surface area contributed by atoms with Crippen LogP contribution in [0.4, 0.5) is 0 Å². The Kier molecular flexibility index (Phi) is 5.95. The molecule has 0 amide bonds. The molecule has 0 heterocycles. The summed E-state index contributed by atoms with van der Waals surface area (Å²) in [5.74, 6) is 1.88. The zero-order valence-electron chi connectivity index (χ0n) is 14.4. The first kappa shape index (κ1) is 16.3. The van der Waals surface area contributed by atoms with Gasteiger partial charge >= 0.3 is 0 Å². The molecule has 2 rings (SSSR count). The largest absolute Gasteiger partial charge is 0.311 e. The van der Waals surface area contributed by atoms with Crippen molar-refractivity contribution in [2.24, 2.45) is 17.3 Å². The van der Waals surface area contributed by atoms with Crippen LogP contribution in [0.3, 0.4) is 0 Å². The third-order valence-corrected chi connectivity index (χ3v) is 6.05. The van der Waals surface area contributed by atoms with E-state index >= 15 is 0 Å². The maximum absolute atomic E-state index is 4.00. The summed E-state index contributed by atoms with van der Waals surface area (Å²) in [6, 6.07) is 1.53. The van der Waals surface area contributed by atoms with E-state index in [9.17, 15) is 0 Å². The molecular formula is C19H37N. The van der Waals surface area contributed by atoms with Crippen LogP contribution in [-0.4, -0.2) is 12.1 Å². The topological polar surface area (TPSA) is 12.0 Å². The van der Waals surface area contributed by atoms with Gasteiger partial charge in [0.15, 0.2) is 0 Å². The van der Waals surface area contributed by atoms with Crippen LogP contribution in [0.1, 0.15) is 91.9 Å². The molecule has 1 nitrogen and oxygen atoms in total. The van der Waals surface area contributed by atoms with Crippen molar-refractivity contribution in [1.29, 1.82) is 0 Å². The molecule has 0 aliphatic heterocycles. The Morgan fingerprint density at radius 1 is 0.800 bits per heavy atom. The van der Waals surface area contributed by atoms with Crippen LogP contribution >= 0.6 is 0 Å². The Hall–Kier alpha value is -0.0400. The molecule has 0 aromatic carbocycles. The first-order chi connectivity index (χ1) is 9.47. The average Bonchev–Trinajstić information content (AvgIpc) is 2.65. The first-order valence-electron chi connectivity index (χ1n) is 9.23. The van der Waals surface area contributed by atoms with Gasteiger partial charge in [0.1, 0.15) is 0 Å². The summed E-state index contributed by atoms with van der Waals surface area (Å²) in [6.45, 7) is 9.73. The molecule has 0 aromatic rings. The van der Waals surface area contributed by atoms with Gasteiger partial charge in [-0.15, -0.1) is 0 Å². The van der Waals surface area contributed by atoms with E-state index in [1.165, 1.54) is 64.2 Å². The Bertz CT molecular complexity index is 272. The van der Waals surface area contributed by atoms with Crippen LogP contribution in [0.5, 0.6) is 0 Å². The average molecular weight is 280 g/mol. The number of nitrogens with one attached hydrogen (secondary N) is 1. The van der Waals surface area contributed by atoms with Crippen LogP contribution in [-0.2, 0) is 0 Å². The molecule has 1 heteroatoms. The Morgan fingerprint density at radius 2 is 1.50 bits per heavy atom. The zero-order valence-corrected chi connectivity index (χ0v) is 14.4. The minimum atomic E-state index is 0.504. The zero-order chi connectivity index (χ0) is 14.6. The molecule has 0 spiro atoms. The van der Waals surface area contributed by atoms with Crippen molar-refractivity contribution < 1.29 is 0 Å². The smallest absolute Gasteiger partial charge is 0.00697 e. The van der Waals surface area contributed by atoms with E-state index in [0.717, 1.165) is 23.9 Å². The van der Waals surface area contributed by atoms with E-state index in [4.69, 9.17) is 0 Å². The second-order valence-corrected chi connectivity index (χ2v) is 8.62. The molecule has 0 radical (unpaired) electrons. The normalized spacial score (nSPS) is 31.8. The molecule has 2 saturated carbocycles. The van der Waals surface area contributed by atoms with Crippen molar-refractivity contribution in [1.82, 2.24) is 5.32 Å². The molecule has 0 aromatic heterocycles. The monoisotopic (exact) mass is 279 g/mol. The fourth-order valence-electron chi connectivity index (χ4n) is 4.48. The number of hydrogen-bond acceptors (Lipinski definition) is 1. The summed E-state index contributed by atoms with van der Waals surface area (Å²) in [5, 5.41) is 4.00. The summed E-state index contributed by atoms with van der Waals surface area (Å²) in [7, 11) is 0. The lowest BCUT2D eigenvalue weighted by Crippen LogP contribution is -2.41. The highest BCUT2D eigenvalue weighted by Crippen LogP contribution is 2.37. The Labute approximate surface area is 127 Å². The van der Waals surface area contributed by atoms with Crippen molar-refractivity contribution >= 4 is 0 Å². The van der Waals surface area contributed by atoms with Crippen molar-refractivity contribution in [3.05, 3.63) is 0 Å². The number of hydrogen-bond donors (Lipinski definition) is 1. The fraction of sp³-hybridized carbons (Fsp3) is 1.00. The van der Waals surface area contributed by atoms with Crippen molar-refractivity contribution in [2.45, 2.75) is 104 Å². The van der Waals surface area contributed by atoms with Crippen LogP contribution in [0.15, 0.2) is 0 Å². The molecule has 2 fully saturated rings. The third-order valence-electron chi connectivity index (χ3n) is 6.05. The SMILES string of the molecule is CC(NC1CCCC(C(C)(C)C)CC1)C1CCCCC1. The standard InChI is InChI=1S/C19H37N/c1-15(16-9-6-5-7-10-16)20-18-12-8-11-17(13-14-18)19(2,3)4/h15-18,20H,5-14H2,1-4H3. The van der Waals surface area contributed by atoms with Gasteiger partial charge in [0.25, 0.3) is 0 Å². The van der Waals surface area contributed by atoms with Crippen LogP contribution in [0, 0.1) is 17.3 Å². The summed E-state index contributed by atoms with van der Waals surface area (Å²) in [5.41, 5.74) is 0.504. The summed E-state index contributed by atoms with van der Waals surface area (Å²) >= 11 is 0. The molecular weight excluding hydrogens is 242 g/mol. The highest BCUT2D eigenvalue weighted by molar-refractivity contribution is 4.84. The molecule has 3 atom stereocenters. The van der Waals surface area contributed by atoms with Gasteiger partial charge in [-0.05, 0) is 62.7 Å². The lowest BCUT2D eigenvalue weighted by Gasteiger charge is -2.32. The van der Waals surface area contributed by atoms with Crippen LogP contribution < -0.4 is 5.32 Å². The van der Waals surface area contributed by atoms with E-state index < -0.39 is 0 Å². The van der Waals surface area contributed by atoms with E-state index in [-0.39, 0.29) is 0 Å². The van der Waals surface area contributed by atoms with E-state index in [1.807, 2.05) is 0 Å². The van der Waals surface area contributed by atoms with Crippen molar-refractivity contribution in [3.63, 3.8) is 0 Å². The summed E-state index contributed by atoms with van der Waals surface area (Å²) in [6.07, 6.45) is 14.4. The lowest BCUT2D eigenvalue weighted by molar-refractivity contribution is 0.211. The van der Waals surface area contributed by atoms with Gasteiger partial charge in [-0.25, -0.2) is 0 Å². The molecule has 20 heavy (non-hydrogen) atoms. The maximum Gasteiger partial charge on any atom is 0.00697 e. The molecule has 0 saturated heterocycles. The maximum atomic E-state index is 4.00. The van der Waals surface area contributed by atoms with Gasteiger partial charge in [0.05, 0.1) is 0 Å². The second kappa shape index (κ2) is 7.29. The minimum absolute atomic E-state index is 0.504. The second-order valence-electron chi connectivity index (χ2n) is 8.62. The lowest BCUT2D eigenvalue weighted by atomic mass is 9.76. The van der Waals surface area contributed by atoms with Gasteiger partial charge in [0.2, 0.25) is 0 Å². The highest BCUT2D eigenvalue weighted by atomic mass is 14.9. The highest BCUT2D eigenvalue weighted by Gasteiger charge is 2.29. The molecule has 1 N–H and O–H groups in total. The summed E-state index contributed by atoms with van der Waals surface area (Å²) in [4.78, 5) is 0. The molecule has 118 valence electrons. The molecule has 0 bridgehead atoms. The molecule has 2 aliphatic carbocycles. The van der Waals surface area contributed by atoms with E-state index in [2.05, 4.69) is 33.0 Å². The Morgan fingerprint density at radius 3 is 2.15 bits per heavy atom. The molecule has 3 unspecified atom stereocenters. The fourth-order valence-corrected chi connectivity index (χ4v) is 4.48. The molecule has 2 aliphatic rings. The summed E-state index contributed by atoms with van der Waals surface area (Å²) < 4.78 is 0. The van der Waals surface area contributed by atoms with Crippen LogP contribution in [0.2, 0.25) is 0 Å². The van der Waals surface area contributed by atoms with Crippen LogP contribution in [0.25, 0.3) is 0 Å². The number of rotatable bonds is 3. The van der Waals surface area contributed by atoms with Gasteiger partial charge in [-0.3, -0.25) is 0 Å². The minimum Gasteiger partial charge on any atom is -0.311 e. The van der Waals surface area contributed by atoms with Gasteiger partial charge in [-0.1, -0.05) is 46.5 Å². The predicted molar refractivity (Wildman–Crippen MR) is 89.0 cm³/mol. The van der Waals surface area contributed by atoms with Crippen molar-refractivity contribution in [3.8, 4) is 0 Å². The van der Waals surface area contributed by atoms with Crippen molar-refractivity contribution in [2.75, 3.05) is 0 Å². The first-order valence-corrected chi connectivity index (χ1v) is 9.23. The predicted octanol–water partition coefficient (Wildman–Crippen LogP) is 5.54. The van der Waals surface area contributed by atoms with E-state index in [1.54, 1.807) is 0 Å². The quantitative estimate of drug-likeness (QED) is 0.669. The van der Waals surface area contributed by atoms with Gasteiger partial charge < -0.3 is 5.32 Å². The third kappa shape index (κ3) is 4.76. The van der Waals surface area contributed by atoms with Gasteiger partial charge in [-0.2, -0.15) is 0 Å². The Balaban J connectivity index is 1.78.